The zero-order valence-corrected chi connectivity index (χ0v) is 12.2. The lowest BCUT2D eigenvalue weighted by atomic mass is 9.84. The van der Waals surface area contributed by atoms with Gasteiger partial charge in [-0.05, 0) is 20.3 Å². The molecular weight excluding hydrogens is 338 g/mol. The van der Waals surface area contributed by atoms with Crippen LogP contribution in [0.25, 0.3) is 0 Å². The van der Waals surface area contributed by atoms with Crippen LogP contribution in [-0.4, -0.2) is 45.7 Å². The van der Waals surface area contributed by atoms with Crippen molar-refractivity contribution in [1.29, 1.82) is 0 Å². The summed E-state index contributed by atoms with van der Waals surface area (Å²) in [5.74, 6) is -3.36. The fourth-order valence-corrected chi connectivity index (χ4v) is 1.66. The predicted octanol–water partition coefficient (Wildman–Crippen LogP) is 2.58. The minimum absolute atomic E-state index is 0.214. The molecule has 0 aromatic rings. The van der Waals surface area contributed by atoms with Crippen LogP contribution in [0.2, 0.25) is 0 Å². The standard InChI is InChI=1S/C12H14F6O5/c1-4-6(8(20)21)5-7(19)23-9(2,3)10(22,11(13,14)15)12(16,17)18/h5,22H,4H2,1-3H3,(H,20,21)/b6-5+. The van der Waals surface area contributed by atoms with Crippen molar-refractivity contribution in [2.45, 2.75) is 50.7 Å². The van der Waals surface area contributed by atoms with E-state index < -0.39 is 41.1 Å². The summed E-state index contributed by atoms with van der Waals surface area (Å²) in [6.45, 7) is 1.72. The van der Waals surface area contributed by atoms with Gasteiger partial charge in [0.1, 0.15) is 0 Å². The van der Waals surface area contributed by atoms with Crippen molar-refractivity contribution in [2.24, 2.45) is 0 Å². The third-order valence-corrected chi connectivity index (χ3v) is 3.00. The zero-order valence-electron chi connectivity index (χ0n) is 12.2. The molecule has 0 fully saturated rings. The summed E-state index contributed by atoms with van der Waals surface area (Å²) in [5.41, 5.74) is -9.39. The summed E-state index contributed by atoms with van der Waals surface area (Å²) in [5, 5.41) is 17.9. The van der Waals surface area contributed by atoms with Gasteiger partial charge in [-0.15, -0.1) is 0 Å². The maximum atomic E-state index is 12.7. The van der Waals surface area contributed by atoms with E-state index in [4.69, 9.17) is 5.11 Å². The van der Waals surface area contributed by atoms with Crippen molar-refractivity contribution in [2.75, 3.05) is 0 Å². The Balaban J connectivity index is 5.79. The third kappa shape index (κ3) is 4.15. The molecule has 0 heterocycles. The maximum Gasteiger partial charge on any atom is 0.430 e. The minimum Gasteiger partial charge on any atom is -0.478 e. The number of carboxylic acids is 1. The molecule has 0 atom stereocenters. The Morgan fingerprint density at radius 1 is 1.04 bits per heavy atom. The highest BCUT2D eigenvalue weighted by Gasteiger charge is 2.78. The summed E-state index contributed by atoms with van der Waals surface area (Å²) >= 11 is 0. The Kier molecular flexibility index (Phi) is 5.88. The van der Waals surface area contributed by atoms with Crippen molar-refractivity contribution >= 4 is 11.9 Å². The van der Waals surface area contributed by atoms with Crippen LogP contribution in [0.4, 0.5) is 26.3 Å². The largest absolute Gasteiger partial charge is 0.478 e. The Labute approximate surface area is 126 Å². The summed E-state index contributed by atoms with van der Waals surface area (Å²) in [7, 11) is 0. The first kappa shape index (κ1) is 21.2. The van der Waals surface area contributed by atoms with Crippen LogP contribution in [0, 0.1) is 0 Å². The van der Waals surface area contributed by atoms with Crippen LogP contribution < -0.4 is 0 Å². The van der Waals surface area contributed by atoms with Gasteiger partial charge in [-0.25, -0.2) is 9.59 Å². The van der Waals surface area contributed by atoms with Gasteiger partial charge < -0.3 is 14.9 Å². The molecule has 0 aromatic heterocycles. The number of aliphatic carboxylic acids is 1. The summed E-state index contributed by atoms with van der Waals surface area (Å²) < 4.78 is 80.5. The number of aliphatic hydroxyl groups is 1. The van der Waals surface area contributed by atoms with Crippen molar-refractivity contribution in [3.63, 3.8) is 0 Å². The number of carbonyl (C=O) groups is 2. The molecule has 5 nitrogen and oxygen atoms in total. The number of carboxylic acid groups (broad SMARTS) is 1. The molecule has 0 amide bonds. The topological polar surface area (TPSA) is 83.8 Å². The second-order valence-electron chi connectivity index (χ2n) is 4.97. The average molecular weight is 352 g/mol. The normalized spacial score (nSPS) is 14.6. The highest BCUT2D eigenvalue weighted by atomic mass is 19.4. The van der Waals surface area contributed by atoms with Crippen LogP contribution in [0.1, 0.15) is 27.2 Å². The van der Waals surface area contributed by atoms with Crippen LogP contribution in [0.5, 0.6) is 0 Å². The number of ether oxygens (including phenoxy) is 1. The van der Waals surface area contributed by atoms with Gasteiger partial charge >= 0.3 is 24.3 Å². The number of esters is 1. The molecule has 0 spiro atoms. The third-order valence-electron chi connectivity index (χ3n) is 3.00. The number of rotatable bonds is 5. The van der Waals surface area contributed by atoms with Gasteiger partial charge in [0.05, 0.1) is 0 Å². The molecule has 0 radical (unpaired) electrons. The lowest BCUT2D eigenvalue weighted by Gasteiger charge is -2.42. The molecule has 23 heavy (non-hydrogen) atoms. The van der Waals surface area contributed by atoms with Crippen LogP contribution in [0.3, 0.4) is 0 Å². The summed E-state index contributed by atoms with van der Waals surface area (Å²) in [6.07, 6.45) is -12.4. The molecule has 0 aromatic carbocycles. The molecule has 0 unspecified atom stereocenters. The van der Waals surface area contributed by atoms with Crippen LogP contribution in [0.15, 0.2) is 11.6 Å². The molecule has 11 heteroatoms. The molecule has 0 aliphatic carbocycles. The maximum absolute atomic E-state index is 12.7. The first-order valence-corrected chi connectivity index (χ1v) is 6.04. The number of halogens is 6. The molecule has 2 N–H and O–H groups in total. The molecule has 0 saturated heterocycles. The van der Waals surface area contributed by atoms with Gasteiger partial charge in [0, 0.05) is 11.6 Å². The molecule has 0 rings (SSSR count). The van der Waals surface area contributed by atoms with E-state index in [0.29, 0.717) is 0 Å². The van der Waals surface area contributed by atoms with Gasteiger partial charge in [-0.3, -0.25) is 0 Å². The highest BCUT2D eigenvalue weighted by molar-refractivity contribution is 5.95. The molecule has 0 aliphatic heterocycles. The van der Waals surface area contributed by atoms with Crippen molar-refractivity contribution in [3.05, 3.63) is 11.6 Å². The summed E-state index contributed by atoms with van der Waals surface area (Å²) in [4.78, 5) is 22.1. The van der Waals surface area contributed by atoms with Gasteiger partial charge in [0.2, 0.25) is 0 Å². The zero-order chi connectivity index (χ0) is 18.9. The first-order valence-electron chi connectivity index (χ1n) is 6.04. The molecular formula is C12H14F6O5. The van der Waals surface area contributed by atoms with Crippen molar-refractivity contribution < 1.29 is 50.9 Å². The lowest BCUT2D eigenvalue weighted by Crippen LogP contribution is -2.69. The van der Waals surface area contributed by atoms with Crippen molar-refractivity contribution in [3.8, 4) is 0 Å². The molecule has 134 valence electrons. The lowest BCUT2D eigenvalue weighted by molar-refractivity contribution is -0.407. The summed E-state index contributed by atoms with van der Waals surface area (Å²) in [6, 6.07) is 0. The van der Waals surface area contributed by atoms with E-state index in [1.165, 1.54) is 6.92 Å². The SMILES string of the molecule is CC/C(=C\C(=O)OC(C)(C)C(O)(C(F)(F)F)C(F)(F)F)C(=O)O. The van der Waals surface area contributed by atoms with Gasteiger partial charge in [-0.1, -0.05) is 6.92 Å². The van der Waals surface area contributed by atoms with E-state index in [0.717, 1.165) is 0 Å². The van der Waals surface area contributed by atoms with Crippen molar-refractivity contribution in [1.82, 2.24) is 0 Å². The fraction of sp³-hybridized carbons (Fsp3) is 0.667. The quantitative estimate of drug-likeness (QED) is 0.451. The van der Waals surface area contributed by atoms with E-state index >= 15 is 0 Å². The van der Waals surface area contributed by atoms with Gasteiger partial charge in [0.15, 0.2) is 5.60 Å². The van der Waals surface area contributed by atoms with Gasteiger partial charge in [0.25, 0.3) is 5.60 Å². The van der Waals surface area contributed by atoms with E-state index in [1.54, 1.807) is 0 Å². The predicted molar refractivity (Wildman–Crippen MR) is 63.2 cm³/mol. The van der Waals surface area contributed by atoms with Crippen LogP contribution in [-0.2, 0) is 14.3 Å². The number of hydrogen-bond acceptors (Lipinski definition) is 4. The molecule has 0 saturated carbocycles. The Hall–Kier alpha value is -1.78. The first-order chi connectivity index (χ1) is 10.0. The Morgan fingerprint density at radius 2 is 1.43 bits per heavy atom. The fourth-order valence-electron chi connectivity index (χ4n) is 1.66. The highest BCUT2D eigenvalue weighted by Crippen LogP contribution is 2.50. The Bertz CT molecular complexity index is 489. The average Bonchev–Trinajstić information content (AvgIpc) is 2.30. The van der Waals surface area contributed by atoms with E-state index in [9.17, 15) is 41.0 Å². The smallest absolute Gasteiger partial charge is 0.430 e. The number of carbonyl (C=O) groups excluding carboxylic acids is 1. The molecule has 0 bridgehead atoms. The second kappa shape index (κ2) is 6.38. The van der Waals surface area contributed by atoms with E-state index in [-0.39, 0.29) is 26.3 Å². The van der Waals surface area contributed by atoms with E-state index in [2.05, 4.69) is 4.74 Å². The molecule has 0 aliphatic rings. The van der Waals surface area contributed by atoms with Gasteiger partial charge in [-0.2, -0.15) is 26.3 Å². The Morgan fingerprint density at radius 3 is 1.70 bits per heavy atom. The second-order valence-corrected chi connectivity index (χ2v) is 4.97. The van der Waals surface area contributed by atoms with Crippen LogP contribution >= 0.6 is 0 Å². The van der Waals surface area contributed by atoms with E-state index in [1.807, 2.05) is 0 Å². The minimum atomic E-state index is -6.20. The monoisotopic (exact) mass is 352 g/mol. The number of alkyl halides is 6. The number of hydrogen-bond donors (Lipinski definition) is 2.